The third-order valence-electron chi connectivity index (χ3n) is 4.26. The van der Waals surface area contributed by atoms with Crippen LogP contribution in [0.2, 0.25) is 0 Å². The van der Waals surface area contributed by atoms with E-state index in [-0.39, 0.29) is 22.7 Å². The fourth-order valence-electron chi connectivity index (χ4n) is 2.85. The van der Waals surface area contributed by atoms with E-state index in [1.165, 1.54) is 35.9 Å². The lowest BCUT2D eigenvalue weighted by Crippen LogP contribution is -2.13. The van der Waals surface area contributed by atoms with Crippen LogP contribution in [-0.4, -0.2) is 29.8 Å². The number of alkyl halides is 3. The fourth-order valence-corrected chi connectivity index (χ4v) is 2.85. The van der Waals surface area contributed by atoms with Crippen LogP contribution in [0.3, 0.4) is 0 Å². The minimum absolute atomic E-state index is 0.0800. The summed E-state index contributed by atoms with van der Waals surface area (Å²) < 4.78 is 39.8. The lowest BCUT2D eigenvalue weighted by atomic mass is 10.3. The number of phenolic OH excluding ortho intramolecular Hbond substituents is 2. The number of aromatic nitrogens is 4. The molecule has 2 heterocycles. The number of hydrogen-bond acceptors (Lipinski definition) is 4. The molecule has 0 spiro atoms. The van der Waals surface area contributed by atoms with E-state index in [1.807, 2.05) is 0 Å². The van der Waals surface area contributed by atoms with E-state index in [9.17, 15) is 28.2 Å². The third kappa shape index (κ3) is 4.80. The van der Waals surface area contributed by atoms with Crippen LogP contribution in [0.1, 0.15) is 17.1 Å². The van der Waals surface area contributed by atoms with Crippen molar-refractivity contribution in [2.45, 2.75) is 20.0 Å². The minimum Gasteiger partial charge on any atom is -0.506 e. The lowest BCUT2D eigenvalue weighted by molar-refractivity contribution is -0.141. The van der Waals surface area contributed by atoms with Gasteiger partial charge in [0.05, 0.1) is 0 Å². The second-order valence-electron chi connectivity index (χ2n) is 6.67. The van der Waals surface area contributed by atoms with Crippen molar-refractivity contribution in [3.63, 3.8) is 0 Å². The highest BCUT2D eigenvalue weighted by Crippen LogP contribution is 2.30. The molecule has 0 saturated heterocycles. The molecule has 7 nitrogen and oxygen atoms in total. The summed E-state index contributed by atoms with van der Waals surface area (Å²) in [6, 6.07) is 15.2. The summed E-state index contributed by atoms with van der Waals surface area (Å²) in [5, 5.41) is 25.4. The van der Waals surface area contributed by atoms with Crippen LogP contribution in [0.4, 0.5) is 13.2 Å². The highest BCUT2D eigenvalue weighted by molar-refractivity contribution is 5.46. The molecule has 0 bridgehead atoms. The molecule has 0 radical (unpaired) electrons. The van der Waals surface area contributed by atoms with E-state index in [0.29, 0.717) is 11.4 Å². The number of para-hydroxylation sites is 4. The Kier molecular flexibility index (Phi) is 5.91. The predicted octanol–water partition coefficient (Wildman–Crippen LogP) is 4.08. The van der Waals surface area contributed by atoms with E-state index >= 15 is 0 Å². The number of aromatic hydroxyl groups is 2. The van der Waals surface area contributed by atoms with Crippen molar-refractivity contribution in [2.24, 2.45) is 0 Å². The summed E-state index contributed by atoms with van der Waals surface area (Å²) in [6.45, 7) is 3.28. The van der Waals surface area contributed by atoms with Gasteiger partial charge in [-0.1, -0.05) is 24.3 Å². The molecular formula is C21H19F3N4O3. The Bertz CT molecular complexity index is 1260. The van der Waals surface area contributed by atoms with Gasteiger partial charge in [0.2, 0.25) is 0 Å². The van der Waals surface area contributed by atoms with Crippen LogP contribution >= 0.6 is 0 Å². The first-order chi connectivity index (χ1) is 14.6. The Morgan fingerprint density at radius 2 is 1.45 bits per heavy atom. The molecule has 162 valence electrons. The van der Waals surface area contributed by atoms with Crippen molar-refractivity contribution in [1.82, 2.24) is 19.6 Å². The zero-order valence-corrected chi connectivity index (χ0v) is 16.6. The number of aryl methyl sites for hydroxylation is 2. The predicted molar refractivity (Wildman–Crippen MR) is 108 cm³/mol. The summed E-state index contributed by atoms with van der Waals surface area (Å²) in [4.78, 5) is 11.4. The number of H-pyrrole nitrogens is 1. The molecular weight excluding hydrogens is 413 g/mol. The topological polar surface area (TPSA) is 96.1 Å². The summed E-state index contributed by atoms with van der Waals surface area (Å²) in [5.74, 6) is -0.0381. The highest BCUT2D eigenvalue weighted by atomic mass is 19.4. The smallest absolute Gasteiger partial charge is 0.435 e. The summed E-state index contributed by atoms with van der Waals surface area (Å²) >= 11 is 0. The summed E-state index contributed by atoms with van der Waals surface area (Å²) in [6.07, 6.45) is -4.49. The average Bonchev–Trinajstić information content (AvgIpc) is 3.25. The summed E-state index contributed by atoms with van der Waals surface area (Å²) in [5.41, 5.74) is 0.602. The number of nitrogens with zero attached hydrogens (tertiary/aromatic N) is 3. The van der Waals surface area contributed by atoms with E-state index < -0.39 is 11.9 Å². The quantitative estimate of drug-likeness (QED) is 0.445. The Morgan fingerprint density at radius 1 is 0.903 bits per heavy atom. The molecule has 0 amide bonds. The van der Waals surface area contributed by atoms with Crippen LogP contribution in [0.25, 0.3) is 11.4 Å². The number of nitrogens with one attached hydrogen (secondary N) is 1. The summed E-state index contributed by atoms with van der Waals surface area (Å²) in [7, 11) is 0. The Morgan fingerprint density at radius 3 is 1.90 bits per heavy atom. The number of benzene rings is 2. The van der Waals surface area contributed by atoms with Crippen LogP contribution < -0.4 is 5.56 Å². The zero-order chi connectivity index (χ0) is 22.8. The molecule has 4 rings (SSSR count). The first-order valence-electron chi connectivity index (χ1n) is 9.07. The van der Waals surface area contributed by atoms with Gasteiger partial charge >= 0.3 is 6.18 Å². The van der Waals surface area contributed by atoms with Crippen molar-refractivity contribution in [1.29, 1.82) is 0 Å². The average molecular weight is 432 g/mol. The van der Waals surface area contributed by atoms with Gasteiger partial charge in [-0.2, -0.15) is 18.3 Å². The zero-order valence-electron chi connectivity index (χ0n) is 16.6. The monoisotopic (exact) mass is 432 g/mol. The molecule has 0 aliphatic rings. The molecule has 0 saturated carbocycles. The molecule has 2 aromatic heterocycles. The molecule has 31 heavy (non-hydrogen) atoms. The van der Waals surface area contributed by atoms with E-state index in [2.05, 4.69) is 10.2 Å². The van der Waals surface area contributed by atoms with Gasteiger partial charge in [0, 0.05) is 17.5 Å². The van der Waals surface area contributed by atoms with Crippen molar-refractivity contribution in [3.05, 3.63) is 88.1 Å². The van der Waals surface area contributed by atoms with Crippen LogP contribution in [0.15, 0.2) is 65.5 Å². The maximum absolute atomic E-state index is 12.5. The van der Waals surface area contributed by atoms with Gasteiger partial charge in [-0.05, 0) is 44.2 Å². The standard InChI is InChI=1S/C11H9F3N2O.C10H10N2O2/c1-7-6-10(11(12,13)14)15-16(7)8-4-2-3-5-9(8)17;1-7-6-10(14)12(11-7)8-4-2-3-5-9(8)13/h2-6,17H,1H3;2-6,11,13H,1H3. The van der Waals surface area contributed by atoms with Gasteiger partial charge in [-0.3, -0.25) is 9.89 Å². The number of rotatable bonds is 2. The van der Waals surface area contributed by atoms with Gasteiger partial charge < -0.3 is 10.2 Å². The minimum atomic E-state index is -4.49. The Labute approximate surface area is 174 Å². The van der Waals surface area contributed by atoms with E-state index in [4.69, 9.17) is 0 Å². The maximum Gasteiger partial charge on any atom is 0.435 e. The third-order valence-corrected chi connectivity index (χ3v) is 4.26. The Hall–Kier alpha value is -3.95. The van der Waals surface area contributed by atoms with Crippen molar-refractivity contribution in [3.8, 4) is 22.9 Å². The molecule has 4 aromatic rings. The second kappa shape index (κ2) is 8.42. The molecule has 2 aromatic carbocycles. The molecule has 0 fully saturated rings. The van der Waals surface area contributed by atoms with Crippen LogP contribution in [-0.2, 0) is 6.18 Å². The van der Waals surface area contributed by atoms with Crippen molar-refractivity contribution >= 4 is 0 Å². The van der Waals surface area contributed by atoms with Crippen molar-refractivity contribution < 1.29 is 23.4 Å². The van der Waals surface area contributed by atoms with E-state index in [0.717, 1.165) is 16.4 Å². The molecule has 10 heteroatoms. The molecule has 0 atom stereocenters. The fraction of sp³-hybridized carbons (Fsp3) is 0.143. The highest BCUT2D eigenvalue weighted by Gasteiger charge is 2.34. The van der Waals surface area contributed by atoms with Gasteiger partial charge in [0.1, 0.15) is 22.9 Å². The molecule has 0 aliphatic heterocycles. The van der Waals surface area contributed by atoms with Crippen LogP contribution in [0, 0.1) is 13.8 Å². The second-order valence-corrected chi connectivity index (χ2v) is 6.67. The van der Waals surface area contributed by atoms with E-state index in [1.54, 1.807) is 37.3 Å². The lowest BCUT2D eigenvalue weighted by Gasteiger charge is -2.06. The van der Waals surface area contributed by atoms with Gasteiger partial charge in [-0.25, -0.2) is 9.36 Å². The molecule has 3 N–H and O–H groups in total. The maximum atomic E-state index is 12.5. The Balaban J connectivity index is 0.000000179. The SMILES string of the molecule is Cc1cc(=O)n(-c2ccccc2O)[nH]1.Cc1cc(C(F)(F)F)nn1-c1ccccc1O. The first-order valence-corrected chi connectivity index (χ1v) is 9.07. The van der Waals surface area contributed by atoms with Gasteiger partial charge in [-0.15, -0.1) is 0 Å². The number of aromatic amines is 1. The van der Waals surface area contributed by atoms with Crippen molar-refractivity contribution in [2.75, 3.05) is 0 Å². The van der Waals surface area contributed by atoms with Gasteiger partial charge in [0.25, 0.3) is 5.56 Å². The molecule has 0 aliphatic carbocycles. The first kappa shape index (κ1) is 21.8. The van der Waals surface area contributed by atoms with Gasteiger partial charge in [0.15, 0.2) is 5.69 Å². The van der Waals surface area contributed by atoms with Crippen LogP contribution in [0.5, 0.6) is 11.5 Å². The molecule has 0 unspecified atom stereocenters. The number of phenols is 2. The number of halogens is 3. The normalized spacial score (nSPS) is 11.1. The largest absolute Gasteiger partial charge is 0.506 e. The number of hydrogen-bond donors (Lipinski definition) is 3.